The summed E-state index contributed by atoms with van der Waals surface area (Å²) in [4.78, 5) is 12.7. The number of carbonyl (C=O) groups is 1. The van der Waals surface area contributed by atoms with Gasteiger partial charge in [0.05, 0.1) is 4.90 Å². The van der Waals surface area contributed by atoms with Crippen LogP contribution in [-0.2, 0) is 19.1 Å². The zero-order valence-corrected chi connectivity index (χ0v) is 15.0. The molecule has 0 radical (unpaired) electrons. The number of benzene rings is 1. The SMILES string of the molecule is CCCCC[C@]1(C)CC[C@@H](OS(=O)(=O)c2ccc(C)cc2)C1=O. The van der Waals surface area contributed by atoms with E-state index in [0.717, 1.165) is 31.2 Å². The highest BCUT2D eigenvalue weighted by Crippen LogP contribution is 2.41. The second-order valence-electron chi connectivity index (χ2n) is 6.77. The molecule has 0 aliphatic heterocycles. The largest absolute Gasteiger partial charge is 0.297 e. The minimum Gasteiger partial charge on any atom is -0.296 e. The van der Waals surface area contributed by atoms with E-state index in [1.807, 2.05) is 13.8 Å². The highest BCUT2D eigenvalue weighted by Gasteiger charge is 2.46. The molecule has 0 bridgehead atoms. The maximum atomic E-state index is 12.6. The zero-order chi connectivity index (χ0) is 17.1. The van der Waals surface area contributed by atoms with Crippen molar-refractivity contribution < 1.29 is 17.4 Å². The quantitative estimate of drug-likeness (QED) is 0.556. The molecule has 0 saturated heterocycles. The summed E-state index contributed by atoms with van der Waals surface area (Å²) in [5.41, 5.74) is 0.534. The minimum absolute atomic E-state index is 0.0655. The third kappa shape index (κ3) is 4.21. The average Bonchev–Trinajstić information content (AvgIpc) is 2.76. The lowest BCUT2D eigenvalue weighted by molar-refractivity contribution is -0.130. The van der Waals surface area contributed by atoms with Crippen LogP contribution >= 0.6 is 0 Å². The van der Waals surface area contributed by atoms with Crippen LogP contribution in [0.5, 0.6) is 0 Å². The van der Waals surface area contributed by atoms with Crippen LogP contribution in [0.3, 0.4) is 0 Å². The third-order valence-corrected chi connectivity index (χ3v) is 6.07. The van der Waals surface area contributed by atoms with Gasteiger partial charge in [0, 0.05) is 5.41 Å². The molecule has 2 rings (SSSR count). The highest BCUT2D eigenvalue weighted by atomic mass is 32.2. The summed E-state index contributed by atoms with van der Waals surface area (Å²) in [6.45, 7) is 5.95. The Hall–Kier alpha value is -1.20. The number of carbonyl (C=O) groups excluding carboxylic acids is 1. The first-order valence-corrected chi connectivity index (χ1v) is 9.73. The Bertz CT molecular complexity index is 648. The summed E-state index contributed by atoms with van der Waals surface area (Å²) in [5, 5.41) is 0. The van der Waals surface area contributed by atoms with Crippen molar-refractivity contribution in [2.45, 2.75) is 70.3 Å². The first-order chi connectivity index (χ1) is 10.8. The molecule has 0 spiro atoms. The van der Waals surface area contributed by atoms with Crippen LogP contribution in [-0.4, -0.2) is 20.3 Å². The summed E-state index contributed by atoms with van der Waals surface area (Å²) in [6, 6.07) is 6.48. The molecule has 0 heterocycles. The second kappa shape index (κ2) is 7.14. The number of hydrogen-bond donors (Lipinski definition) is 0. The Morgan fingerprint density at radius 1 is 1.22 bits per heavy atom. The van der Waals surface area contributed by atoms with Crippen molar-refractivity contribution in [2.24, 2.45) is 5.41 Å². The van der Waals surface area contributed by atoms with E-state index < -0.39 is 21.6 Å². The fourth-order valence-corrected chi connectivity index (χ4v) is 4.18. The van der Waals surface area contributed by atoms with Crippen molar-refractivity contribution >= 4 is 15.9 Å². The fraction of sp³-hybridized carbons (Fsp3) is 0.611. The van der Waals surface area contributed by atoms with E-state index >= 15 is 0 Å². The summed E-state index contributed by atoms with van der Waals surface area (Å²) >= 11 is 0. The number of Topliss-reactive ketones (excluding diaryl/α,β-unsaturated/α-hetero) is 1. The van der Waals surface area contributed by atoms with Gasteiger partial charge in [-0.15, -0.1) is 0 Å². The third-order valence-electron chi connectivity index (χ3n) is 4.73. The first-order valence-electron chi connectivity index (χ1n) is 8.33. The van der Waals surface area contributed by atoms with Gasteiger partial charge in [-0.05, 0) is 38.3 Å². The Morgan fingerprint density at radius 2 is 1.87 bits per heavy atom. The van der Waals surface area contributed by atoms with Gasteiger partial charge >= 0.3 is 0 Å². The summed E-state index contributed by atoms with van der Waals surface area (Å²) in [6.07, 6.45) is 4.34. The first kappa shape index (κ1) is 18.1. The van der Waals surface area contributed by atoms with Gasteiger partial charge in [-0.25, -0.2) is 0 Å². The van der Waals surface area contributed by atoms with Crippen molar-refractivity contribution in [1.82, 2.24) is 0 Å². The summed E-state index contributed by atoms with van der Waals surface area (Å²) < 4.78 is 29.9. The maximum absolute atomic E-state index is 12.6. The molecule has 0 N–H and O–H groups in total. The molecule has 0 aromatic heterocycles. The average molecular weight is 338 g/mol. The number of hydrogen-bond acceptors (Lipinski definition) is 4. The molecular weight excluding hydrogens is 312 g/mol. The van der Waals surface area contributed by atoms with E-state index in [4.69, 9.17) is 4.18 Å². The van der Waals surface area contributed by atoms with Gasteiger partial charge in [-0.2, -0.15) is 8.42 Å². The van der Waals surface area contributed by atoms with Gasteiger partial charge < -0.3 is 0 Å². The fourth-order valence-electron chi connectivity index (χ4n) is 3.11. The topological polar surface area (TPSA) is 60.4 Å². The molecule has 1 aliphatic carbocycles. The standard InChI is InChI=1S/C18H26O4S/c1-4-5-6-12-18(3)13-11-16(17(18)19)22-23(20,21)15-9-7-14(2)8-10-15/h7-10,16H,4-6,11-13H2,1-3H3/t16-,18-/m1/s1. The van der Waals surface area contributed by atoms with Crippen molar-refractivity contribution in [3.05, 3.63) is 29.8 Å². The molecule has 1 aromatic rings. The van der Waals surface area contributed by atoms with Gasteiger partial charge in [0.15, 0.2) is 5.78 Å². The molecule has 0 amide bonds. The highest BCUT2D eigenvalue weighted by molar-refractivity contribution is 7.86. The molecule has 1 saturated carbocycles. The molecule has 1 fully saturated rings. The Balaban J connectivity index is 2.06. The van der Waals surface area contributed by atoms with Gasteiger partial charge in [0.25, 0.3) is 10.1 Å². The van der Waals surface area contributed by atoms with E-state index in [1.165, 1.54) is 12.1 Å². The van der Waals surface area contributed by atoms with E-state index in [0.29, 0.717) is 12.8 Å². The maximum Gasteiger partial charge on any atom is 0.297 e. The van der Waals surface area contributed by atoms with Gasteiger partial charge in [0.2, 0.25) is 0 Å². The minimum atomic E-state index is -3.89. The van der Waals surface area contributed by atoms with Crippen LogP contribution in [0.15, 0.2) is 29.2 Å². The molecule has 0 unspecified atom stereocenters. The molecule has 23 heavy (non-hydrogen) atoms. The molecule has 128 valence electrons. The van der Waals surface area contributed by atoms with E-state index in [1.54, 1.807) is 12.1 Å². The Morgan fingerprint density at radius 3 is 2.48 bits per heavy atom. The molecule has 5 heteroatoms. The van der Waals surface area contributed by atoms with E-state index in [-0.39, 0.29) is 10.7 Å². The number of unbranched alkanes of at least 4 members (excludes halogenated alkanes) is 2. The molecular formula is C18H26O4S. The summed E-state index contributed by atoms with van der Waals surface area (Å²) in [5.74, 6) is -0.0655. The number of aryl methyl sites for hydroxylation is 1. The predicted octanol–water partition coefficient (Wildman–Crippen LogP) is 4.02. The predicted molar refractivity (Wildman–Crippen MR) is 89.7 cm³/mol. The molecule has 2 atom stereocenters. The van der Waals surface area contributed by atoms with Crippen LogP contribution in [0.4, 0.5) is 0 Å². The lowest BCUT2D eigenvalue weighted by atomic mass is 9.82. The van der Waals surface area contributed by atoms with E-state index in [2.05, 4.69) is 6.92 Å². The Labute approximate surface area is 139 Å². The van der Waals surface area contributed by atoms with Crippen molar-refractivity contribution in [1.29, 1.82) is 0 Å². The normalized spacial score (nSPS) is 25.0. The van der Waals surface area contributed by atoms with Crippen LogP contribution < -0.4 is 0 Å². The molecule has 4 nitrogen and oxygen atoms in total. The number of rotatable bonds is 7. The van der Waals surface area contributed by atoms with Crippen LogP contribution in [0.2, 0.25) is 0 Å². The monoisotopic (exact) mass is 338 g/mol. The second-order valence-corrected chi connectivity index (χ2v) is 8.34. The lowest BCUT2D eigenvalue weighted by Gasteiger charge is -2.22. The van der Waals surface area contributed by atoms with Crippen LogP contribution in [0, 0.1) is 12.3 Å². The van der Waals surface area contributed by atoms with Crippen LogP contribution in [0.1, 0.15) is 57.9 Å². The Kier molecular flexibility index (Phi) is 5.63. The van der Waals surface area contributed by atoms with Crippen LogP contribution in [0.25, 0.3) is 0 Å². The van der Waals surface area contributed by atoms with Gasteiger partial charge in [0.1, 0.15) is 6.10 Å². The molecule has 1 aliphatic rings. The lowest BCUT2D eigenvalue weighted by Crippen LogP contribution is -2.31. The summed E-state index contributed by atoms with van der Waals surface area (Å²) in [7, 11) is -3.89. The van der Waals surface area contributed by atoms with Crippen molar-refractivity contribution in [2.75, 3.05) is 0 Å². The smallest absolute Gasteiger partial charge is 0.296 e. The van der Waals surface area contributed by atoms with Gasteiger partial charge in [-0.3, -0.25) is 8.98 Å². The van der Waals surface area contributed by atoms with Crippen molar-refractivity contribution in [3.8, 4) is 0 Å². The molecule has 1 aromatic carbocycles. The zero-order valence-electron chi connectivity index (χ0n) is 14.2. The van der Waals surface area contributed by atoms with E-state index in [9.17, 15) is 13.2 Å². The van der Waals surface area contributed by atoms with Gasteiger partial charge in [-0.1, -0.05) is 50.8 Å². The number of ketones is 1. The van der Waals surface area contributed by atoms with Crippen molar-refractivity contribution in [3.63, 3.8) is 0 Å².